The number of rotatable bonds is 4. The molecule has 0 aliphatic heterocycles. The molecule has 0 unspecified atom stereocenters. The Balaban J connectivity index is 1.91. The Morgan fingerprint density at radius 1 is 0.962 bits per heavy atom. The van der Waals surface area contributed by atoms with Crippen molar-refractivity contribution in [3.8, 4) is 0 Å². The minimum Gasteiger partial charge on any atom is -0.467 e. The number of hydrogen-bond acceptors (Lipinski definition) is 4. The quantitative estimate of drug-likeness (QED) is 0.566. The highest BCUT2D eigenvalue weighted by atomic mass is 19.1. The summed E-state index contributed by atoms with van der Waals surface area (Å²) in [6, 6.07) is 12.5. The van der Waals surface area contributed by atoms with E-state index in [9.17, 15) is 14.0 Å². The van der Waals surface area contributed by atoms with Gasteiger partial charge in [0.15, 0.2) is 0 Å². The molecule has 0 aliphatic rings. The molecule has 1 aromatic carbocycles. The second kappa shape index (κ2) is 6.44. The zero-order chi connectivity index (χ0) is 18.1. The van der Waals surface area contributed by atoms with Crippen LogP contribution in [0.1, 0.15) is 11.3 Å². The predicted octanol–water partition coefficient (Wildman–Crippen LogP) is 2.39. The maximum Gasteiger partial charge on any atom is 0.333 e. The third-order valence-electron chi connectivity index (χ3n) is 4.13. The van der Waals surface area contributed by atoms with Crippen molar-refractivity contribution >= 4 is 11.0 Å². The van der Waals surface area contributed by atoms with E-state index < -0.39 is 11.2 Å². The second-order valence-corrected chi connectivity index (χ2v) is 5.84. The molecule has 0 bridgehead atoms. The normalized spacial score (nSPS) is 11.1. The van der Waals surface area contributed by atoms with Gasteiger partial charge in [0.25, 0.3) is 5.56 Å². The molecule has 0 amide bonds. The maximum absolute atomic E-state index is 13.1. The van der Waals surface area contributed by atoms with Gasteiger partial charge in [-0.25, -0.2) is 14.2 Å². The summed E-state index contributed by atoms with van der Waals surface area (Å²) in [5.41, 5.74) is 0.0953. The van der Waals surface area contributed by atoms with Gasteiger partial charge in [0.1, 0.15) is 17.2 Å². The lowest BCUT2D eigenvalue weighted by molar-refractivity contribution is 0.479. The lowest BCUT2D eigenvalue weighted by Gasteiger charge is -2.13. The molecule has 26 heavy (non-hydrogen) atoms. The van der Waals surface area contributed by atoms with Gasteiger partial charge in [-0.1, -0.05) is 12.1 Å². The lowest BCUT2D eigenvalue weighted by atomic mass is 10.2. The van der Waals surface area contributed by atoms with Crippen molar-refractivity contribution in [3.63, 3.8) is 0 Å². The van der Waals surface area contributed by atoms with Crippen LogP contribution in [0.2, 0.25) is 0 Å². The Morgan fingerprint density at radius 3 is 2.50 bits per heavy atom. The van der Waals surface area contributed by atoms with E-state index in [1.165, 1.54) is 29.2 Å². The van der Waals surface area contributed by atoms with Crippen molar-refractivity contribution in [1.82, 2.24) is 14.1 Å². The van der Waals surface area contributed by atoms with Gasteiger partial charge in [0, 0.05) is 6.20 Å². The molecule has 4 rings (SSSR count). The topological polar surface area (TPSA) is 70.0 Å². The summed E-state index contributed by atoms with van der Waals surface area (Å²) in [5, 5.41) is 0.334. The van der Waals surface area contributed by atoms with Crippen LogP contribution in [0.4, 0.5) is 4.39 Å². The summed E-state index contributed by atoms with van der Waals surface area (Å²) >= 11 is 0. The summed E-state index contributed by atoms with van der Waals surface area (Å²) in [5.74, 6) is 0.146. The molecular weight excluding hydrogens is 337 g/mol. The van der Waals surface area contributed by atoms with Gasteiger partial charge in [-0.2, -0.15) is 0 Å². The number of halogens is 1. The molecule has 0 spiro atoms. The Labute approximate surface area is 146 Å². The minimum atomic E-state index is -0.498. The zero-order valence-corrected chi connectivity index (χ0v) is 13.6. The Bertz CT molecular complexity index is 1180. The second-order valence-electron chi connectivity index (χ2n) is 5.84. The van der Waals surface area contributed by atoms with E-state index in [0.29, 0.717) is 16.8 Å². The average molecular weight is 351 g/mol. The number of hydrogen-bond donors (Lipinski definition) is 0. The molecule has 0 aliphatic carbocycles. The summed E-state index contributed by atoms with van der Waals surface area (Å²) in [6.07, 6.45) is 3.01. The molecule has 3 heterocycles. The van der Waals surface area contributed by atoms with E-state index in [4.69, 9.17) is 4.42 Å². The van der Waals surface area contributed by atoms with E-state index >= 15 is 0 Å². The van der Waals surface area contributed by atoms with Crippen LogP contribution >= 0.6 is 0 Å². The number of fused-ring (bicyclic) bond motifs is 1. The van der Waals surface area contributed by atoms with E-state index in [-0.39, 0.29) is 18.9 Å². The molecular formula is C19H14FN3O3. The van der Waals surface area contributed by atoms with Gasteiger partial charge in [-0.05, 0) is 42.0 Å². The standard InChI is InChI=1S/C19H14FN3O3/c20-14-7-5-13(6-8-14)11-22-17-16(4-1-9-21-17)18(24)23(19(22)25)12-15-3-2-10-26-15/h1-10H,11-12H2. The highest BCUT2D eigenvalue weighted by Gasteiger charge is 2.15. The fourth-order valence-electron chi connectivity index (χ4n) is 2.86. The monoisotopic (exact) mass is 351 g/mol. The number of pyridine rings is 1. The molecule has 3 aromatic heterocycles. The van der Waals surface area contributed by atoms with Crippen LogP contribution in [-0.2, 0) is 13.1 Å². The molecule has 0 atom stereocenters. The first-order chi connectivity index (χ1) is 12.6. The van der Waals surface area contributed by atoms with Crippen molar-refractivity contribution in [3.05, 3.63) is 99.0 Å². The highest BCUT2D eigenvalue weighted by molar-refractivity contribution is 5.73. The summed E-state index contributed by atoms with van der Waals surface area (Å²) < 4.78 is 20.9. The predicted molar refractivity (Wildman–Crippen MR) is 93.6 cm³/mol. The minimum absolute atomic E-state index is 0.0267. The van der Waals surface area contributed by atoms with Crippen molar-refractivity contribution in [2.75, 3.05) is 0 Å². The zero-order valence-electron chi connectivity index (χ0n) is 13.6. The van der Waals surface area contributed by atoms with Crippen LogP contribution < -0.4 is 11.2 Å². The van der Waals surface area contributed by atoms with Crippen LogP contribution in [0.5, 0.6) is 0 Å². The van der Waals surface area contributed by atoms with Gasteiger partial charge in [0.05, 0.1) is 24.7 Å². The van der Waals surface area contributed by atoms with Gasteiger partial charge in [0.2, 0.25) is 0 Å². The number of aromatic nitrogens is 3. The fraction of sp³-hybridized carbons (Fsp3) is 0.105. The molecule has 6 nitrogen and oxygen atoms in total. The van der Waals surface area contributed by atoms with Crippen LogP contribution in [-0.4, -0.2) is 14.1 Å². The third-order valence-corrected chi connectivity index (χ3v) is 4.13. The van der Waals surface area contributed by atoms with Crippen LogP contribution in [0.15, 0.2) is 75.0 Å². The average Bonchev–Trinajstić information content (AvgIpc) is 3.17. The Morgan fingerprint density at radius 2 is 1.77 bits per heavy atom. The van der Waals surface area contributed by atoms with Gasteiger partial charge >= 0.3 is 5.69 Å². The van der Waals surface area contributed by atoms with E-state index in [2.05, 4.69) is 4.98 Å². The van der Waals surface area contributed by atoms with Gasteiger partial charge in [-0.3, -0.25) is 13.9 Å². The van der Waals surface area contributed by atoms with Crippen LogP contribution in [0, 0.1) is 5.82 Å². The van der Waals surface area contributed by atoms with Crippen molar-refractivity contribution in [2.45, 2.75) is 13.1 Å². The van der Waals surface area contributed by atoms with Crippen LogP contribution in [0.25, 0.3) is 11.0 Å². The van der Waals surface area contributed by atoms with E-state index in [1.54, 1.807) is 36.4 Å². The van der Waals surface area contributed by atoms with Crippen molar-refractivity contribution in [1.29, 1.82) is 0 Å². The Kier molecular flexibility index (Phi) is 3.96. The number of furan rings is 1. The third kappa shape index (κ3) is 2.83. The molecule has 4 aromatic rings. The van der Waals surface area contributed by atoms with E-state index in [0.717, 1.165) is 10.1 Å². The maximum atomic E-state index is 13.1. The molecule has 0 saturated carbocycles. The molecule has 7 heteroatoms. The summed E-state index contributed by atoms with van der Waals surface area (Å²) in [6.45, 7) is 0.198. The largest absolute Gasteiger partial charge is 0.467 e. The van der Waals surface area contributed by atoms with Crippen molar-refractivity contribution < 1.29 is 8.81 Å². The first-order valence-corrected chi connectivity index (χ1v) is 7.98. The van der Waals surface area contributed by atoms with Crippen LogP contribution in [0.3, 0.4) is 0 Å². The lowest BCUT2D eigenvalue weighted by Crippen LogP contribution is -2.40. The number of benzene rings is 1. The molecule has 0 radical (unpaired) electrons. The molecule has 0 fully saturated rings. The first kappa shape index (κ1) is 16.0. The smallest absolute Gasteiger partial charge is 0.333 e. The molecule has 0 saturated heterocycles. The van der Waals surface area contributed by atoms with E-state index in [1.807, 2.05) is 0 Å². The SMILES string of the molecule is O=c1c2cccnc2n(Cc2ccc(F)cc2)c(=O)n1Cc1ccco1. The number of nitrogens with zero attached hydrogens (tertiary/aromatic N) is 3. The molecule has 0 N–H and O–H groups in total. The highest BCUT2D eigenvalue weighted by Crippen LogP contribution is 2.10. The Hall–Kier alpha value is -3.48. The van der Waals surface area contributed by atoms with Crippen molar-refractivity contribution in [2.24, 2.45) is 0 Å². The van der Waals surface area contributed by atoms with Gasteiger partial charge in [-0.15, -0.1) is 0 Å². The summed E-state index contributed by atoms with van der Waals surface area (Å²) in [7, 11) is 0. The van der Waals surface area contributed by atoms with Gasteiger partial charge < -0.3 is 4.42 Å². The fourth-order valence-corrected chi connectivity index (χ4v) is 2.86. The first-order valence-electron chi connectivity index (χ1n) is 7.98. The summed E-state index contributed by atoms with van der Waals surface area (Å²) in [4.78, 5) is 29.9. The molecule has 130 valence electrons.